The van der Waals surface area contributed by atoms with E-state index >= 15 is 0 Å². The maximum atomic E-state index is 12.2. The van der Waals surface area contributed by atoms with Gasteiger partial charge in [0.1, 0.15) is 29.4 Å². The number of ether oxygens (including phenoxy) is 3. The molecule has 0 aromatic heterocycles. The molecule has 0 saturated heterocycles. The summed E-state index contributed by atoms with van der Waals surface area (Å²) in [5, 5.41) is 13.5. The Bertz CT molecular complexity index is 1020. The van der Waals surface area contributed by atoms with E-state index in [0.29, 0.717) is 41.8 Å². The lowest BCUT2D eigenvalue weighted by Crippen LogP contribution is -2.11. The van der Waals surface area contributed by atoms with Gasteiger partial charge in [0.2, 0.25) is 5.91 Å². The highest BCUT2D eigenvalue weighted by molar-refractivity contribution is 5.98. The van der Waals surface area contributed by atoms with Crippen molar-refractivity contribution >= 4 is 17.6 Å². The third-order valence-electron chi connectivity index (χ3n) is 5.42. The second kappa shape index (κ2) is 9.55. The number of carbonyl (C=O) groups is 2. The minimum Gasteiger partial charge on any atom is -0.507 e. The number of carbonyl (C=O) groups excluding carboxylic acids is 2. The summed E-state index contributed by atoms with van der Waals surface area (Å²) in [7, 11) is 3.13. The number of amides is 1. The zero-order valence-electron chi connectivity index (χ0n) is 18.2. The normalized spacial score (nSPS) is 12.9. The van der Waals surface area contributed by atoms with Crippen LogP contribution in [0.2, 0.25) is 0 Å². The van der Waals surface area contributed by atoms with Gasteiger partial charge in [-0.2, -0.15) is 0 Å². The van der Waals surface area contributed by atoms with Crippen LogP contribution in [0, 0.1) is 6.92 Å². The first-order valence-electron chi connectivity index (χ1n) is 10.0. The van der Waals surface area contributed by atoms with Crippen LogP contribution < -0.4 is 14.8 Å². The van der Waals surface area contributed by atoms with Crippen LogP contribution in [0.4, 0.5) is 5.69 Å². The highest BCUT2D eigenvalue weighted by Crippen LogP contribution is 2.42. The lowest BCUT2D eigenvalue weighted by atomic mass is 9.94. The Balaban J connectivity index is 1.65. The Kier molecular flexibility index (Phi) is 6.84. The molecule has 31 heavy (non-hydrogen) atoms. The van der Waals surface area contributed by atoms with E-state index in [1.54, 1.807) is 31.4 Å². The zero-order chi connectivity index (χ0) is 22.5. The van der Waals surface area contributed by atoms with Crippen LogP contribution in [0.1, 0.15) is 46.8 Å². The number of phenolic OH excluding ortho intramolecular Hbond substituents is 1. The Morgan fingerprint density at radius 1 is 1.19 bits per heavy atom. The average Bonchev–Trinajstić information content (AvgIpc) is 3.16. The third kappa shape index (κ3) is 4.82. The number of hydrogen-bond acceptors (Lipinski definition) is 6. The van der Waals surface area contributed by atoms with E-state index in [-0.39, 0.29) is 23.8 Å². The lowest BCUT2D eigenvalue weighted by molar-refractivity contribution is -0.116. The van der Waals surface area contributed by atoms with Crippen molar-refractivity contribution in [3.63, 3.8) is 0 Å². The van der Waals surface area contributed by atoms with Crippen molar-refractivity contribution in [1.29, 1.82) is 0 Å². The molecule has 0 aliphatic carbocycles. The van der Waals surface area contributed by atoms with Crippen molar-refractivity contribution in [3.05, 3.63) is 58.2 Å². The van der Waals surface area contributed by atoms with Crippen molar-refractivity contribution < 1.29 is 28.9 Å². The monoisotopic (exact) mass is 425 g/mol. The lowest BCUT2D eigenvalue weighted by Gasteiger charge is -2.15. The van der Waals surface area contributed by atoms with Crippen LogP contribution in [0.15, 0.2) is 35.9 Å². The summed E-state index contributed by atoms with van der Waals surface area (Å²) in [5.74, 6) is 0.576. The van der Waals surface area contributed by atoms with Crippen LogP contribution in [0.3, 0.4) is 0 Å². The molecule has 1 heterocycles. The molecular weight excluding hydrogens is 398 g/mol. The zero-order valence-corrected chi connectivity index (χ0v) is 18.2. The van der Waals surface area contributed by atoms with E-state index in [2.05, 4.69) is 5.32 Å². The number of methoxy groups -OCH3 is 2. The highest BCUT2D eigenvalue weighted by Gasteiger charge is 2.31. The first-order chi connectivity index (χ1) is 14.8. The number of esters is 1. The smallest absolute Gasteiger partial charge is 0.342 e. The molecule has 164 valence electrons. The summed E-state index contributed by atoms with van der Waals surface area (Å²) in [5.41, 5.74) is 3.92. The number of allylic oxidation sites excluding steroid dienone is 2. The van der Waals surface area contributed by atoms with Crippen LogP contribution >= 0.6 is 0 Å². The summed E-state index contributed by atoms with van der Waals surface area (Å²) in [6.07, 6.45) is 3.21. The molecule has 0 bridgehead atoms. The summed E-state index contributed by atoms with van der Waals surface area (Å²) in [6.45, 7) is 3.92. The van der Waals surface area contributed by atoms with Crippen LogP contribution in [-0.4, -0.2) is 31.2 Å². The molecule has 1 aliphatic rings. The van der Waals surface area contributed by atoms with Gasteiger partial charge in [0.15, 0.2) is 0 Å². The molecule has 1 amide bonds. The summed E-state index contributed by atoms with van der Waals surface area (Å²) >= 11 is 0. The maximum Gasteiger partial charge on any atom is 0.342 e. The summed E-state index contributed by atoms with van der Waals surface area (Å²) in [6, 6.07) is 7.15. The molecule has 0 atom stereocenters. The molecule has 3 rings (SSSR count). The molecule has 0 unspecified atom stereocenters. The van der Waals surface area contributed by atoms with Gasteiger partial charge in [-0.05, 0) is 56.5 Å². The van der Waals surface area contributed by atoms with Gasteiger partial charge in [0.25, 0.3) is 0 Å². The van der Waals surface area contributed by atoms with E-state index in [9.17, 15) is 14.7 Å². The first kappa shape index (κ1) is 22.2. The van der Waals surface area contributed by atoms with Gasteiger partial charge in [0, 0.05) is 23.2 Å². The van der Waals surface area contributed by atoms with E-state index in [1.807, 2.05) is 19.9 Å². The van der Waals surface area contributed by atoms with Crippen LogP contribution in [0.5, 0.6) is 17.2 Å². The number of aromatic hydroxyl groups is 1. The Morgan fingerprint density at radius 3 is 2.55 bits per heavy atom. The molecule has 2 aromatic carbocycles. The Morgan fingerprint density at radius 2 is 1.90 bits per heavy atom. The van der Waals surface area contributed by atoms with Crippen LogP contribution in [0.25, 0.3) is 0 Å². The Hall–Kier alpha value is -3.48. The minimum atomic E-state index is -0.518. The molecule has 1 aliphatic heterocycles. The molecule has 7 nitrogen and oxygen atoms in total. The van der Waals surface area contributed by atoms with Crippen molar-refractivity contribution in [1.82, 2.24) is 0 Å². The fourth-order valence-corrected chi connectivity index (χ4v) is 3.61. The number of phenols is 1. The van der Waals surface area contributed by atoms with E-state index in [0.717, 1.165) is 16.9 Å². The fraction of sp³-hybridized carbons (Fsp3) is 0.333. The topological polar surface area (TPSA) is 94.1 Å². The third-order valence-corrected chi connectivity index (χ3v) is 5.42. The second-order valence-corrected chi connectivity index (χ2v) is 7.45. The number of cyclic esters (lactones) is 1. The number of nitrogens with one attached hydrogen (secondary N) is 1. The second-order valence-electron chi connectivity index (χ2n) is 7.45. The van der Waals surface area contributed by atoms with E-state index < -0.39 is 5.97 Å². The standard InChI is InChI=1S/C24H27NO6/c1-14(6-12-20(26)25-16-7-9-17(29-3)10-8-16)5-11-18-22(27)21-19(13-31-24(21)28)15(2)23(18)30-4/h5,7-10,27H,6,11-13H2,1-4H3,(H,25,26)/b14-5+. The van der Waals surface area contributed by atoms with Gasteiger partial charge < -0.3 is 24.6 Å². The molecule has 7 heteroatoms. The summed E-state index contributed by atoms with van der Waals surface area (Å²) < 4.78 is 15.7. The predicted molar refractivity (Wildman–Crippen MR) is 117 cm³/mol. The van der Waals surface area contributed by atoms with E-state index in [4.69, 9.17) is 14.2 Å². The van der Waals surface area contributed by atoms with E-state index in [1.165, 1.54) is 7.11 Å². The van der Waals surface area contributed by atoms with Gasteiger partial charge in [0.05, 0.1) is 14.2 Å². The summed E-state index contributed by atoms with van der Waals surface area (Å²) in [4.78, 5) is 24.2. The molecular formula is C24H27NO6. The minimum absolute atomic E-state index is 0.0885. The van der Waals surface area contributed by atoms with Gasteiger partial charge in [-0.25, -0.2) is 4.79 Å². The first-order valence-corrected chi connectivity index (χ1v) is 10.0. The quantitative estimate of drug-likeness (QED) is 0.484. The molecule has 2 aromatic rings. The molecule has 2 N–H and O–H groups in total. The van der Waals surface area contributed by atoms with Crippen molar-refractivity contribution in [2.24, 2.45) is 0 Å². The van der Waals surface area contributed by atoms with Crippen molar-refractivity contribution in [2.75, 3.05) is 19.5 Å². The molecule has 0 spiro atoms. The molecule has 0 saturated carbocycles. The number of hydrogen-bond donors (Lipinski definition) is 2. The fourth-order valence-electron chi connectivity index (χ4n) is 3.61. The number of rotatable bonds is 8. The maximum absolute atomic E-state index is 12.2. The highest BCUT2D eigenvalue weighted by atomic mass is 16.5. The van der Waals surface area contributed by atoms with Crippen LogP contribution in [-0.2, 0) is 22.6 Å². The largest absolute Gasteiger partial charge is 0.507 e. The number of fused-ring (bicyclic) bond motifs is 1. The number of benzene rings is 2. The molecule has 0 fully saturated rings. The van der Waals surface area contributed by atoms with Crippen molar-refractivity contribution in [3.8, 4) is 17.2 Å². The SMILES string of the molecule is COc1ccc(NC(=O)CC/C(C)=C/Cc2c(O)c3c(c(C)c2OC)COC3=O)cc1. The van der Waals surface area contributed by atoms with Gasteiger partial charge >= 0.3 is 5.97 Å². The Labute approximate surface area is 181 Å². The average molecular weight is 425 g/mol. The predicted octanol–water partition coefficient (Wildman–Crippen LogP) is 4.30. The van der Waals surface area contributed by atoms with Gasteiger partial charge in [-0.3, -0.25) is 4.79 Å². The van der Waals surface area contributed by atoms with Gasteiger partial charge in [-0.1, -0.05) is 11.6 Å². The molecule has 0 radical (unpaired) electrons. The number of anilines is 1. The van der Waals surface area contributed by atoms with Gasteiger partial charge in [-0.15, -0.1) is 0 Å². The van der Waals surface area contributed by atoms with Crippen molar-refractivity contribution in [2.45, 2.75) is 39.7 Å².